The molecule has 1 amide bonds. The maximum atomic E-state index is 12.8. The molecule has 0 radical (unpaired) electrons. The fourth-order valence-corrected chi connectivity index (χ4v) is 4.55. The molecule has 1 fully saturated rings. The maximum absolute atomic E-state index is 12.8. The van der Waals surface area contributed by atoms with E-state index in [2.05, 4.69) is 25.9 Å². The Kier molecular flexibility index (Phi) is 6.76. The summed E-state index contributed by atoms with van der Waals surface area (Å²) in [5.74, 6) is 0.637. The lowest BCUT2D eigenvalue weighted by Gasteiger charge is -2.18. The van der Waals surface area contributed by atoms with Crippen LogP contribution in [0.3, 0.4) is 0 Å². The van der Waals surface area contributed by atoms with E-state index in [9.17, 15) is 9.59 Å². The summed E-state index contributed by atoms with van der Waals surface area (Å²) in [6.45, 7) is 2.03. The Morgan fingerprint density at radius 3 is 2.81 bits per heavy atom. The average Bonchev–Trinajstić information content (AvgIpc) is 3.42. The van der Waals surface area contributed by atoms with Crippen molar-refractivity contribution in [1.29, 1.82) is 0 Å². The van der Waals surface area contributed by atoms with E-state index in [0.29, 0.717) is 36.8 Å². The molecule has 0 atom stereocenters. The van der Waals surface area contributed by atoms with Gasteiger partial charge in [0.15, 0.2) is 0 Å². The van der Waals surface area contributed by atoms with Crippen molar-refractivity contribution in [3.63, 3.8) is 0 Å². The molecule has 4 rings (SSSR count). The number of nitrogens with zero attached hydrogens (tertiary/aromatic N) is 2. The van der Waals surface area contributed by atoms with Crippen LogP contribution in [0.5, 0.6) is 0 Å². The highest BCUT2D eigenvalue weighted by atomic mass is 32.1. The molecule has 31 heavy (non-hydrogen) atoms. The first-order chi connectivity index (χ1) is 15.1. The molecule has 1 aliphatic carbocycles. The number of benzene rings is 1. The van der Waals surface area contributed by atoms with Gasteiger partial charge in [-0.2, -0.15) is 0 Å². The molecule has 7 nitrogen and oxygen atoms in total. The second-order valence-electron chi connectivity index (χ2n) is 7.96. The van der Waals surface area contributed by atoms with Gasteiger partial charge in [0.05, 0.1) is 27.0 Å². The van der Waals surface area contributed by atoms with Crippen molar-refractivity contribution in [2.75, 3.05) is 17.2 Å². The predicted molar refractivity (Wildman–Crippen MR) is 125 cm³/mol. The number of hydrogen-bond acceptors (Lipinski definition) is 7. The Hall–Kier alpha value is -3.00. The van der Waals surface area contributed by atoms with Gasteiger partial charge in [-0.25, -0.2) is 9.97 Å². The number of fused-ring (bicyclic) bond motifs is 1. The van der Waals surface area contributed by atoms with E-state index in [1.54, 1.807) is 24.5 Å². The van der Waals surface area contributed by atoms with Gasteiger partial charge >= 0.3 is 0 Å². The first kappa shape index (κ1) is 21.2. The Balaban J connectivity index is 1.51. The van der Waals surface area contributed by atoms with Crippen LogP contribution in [0.25, 0.3) is 10.2 Å². The van der Waals surface area contributed by atoms with Crippen molar-refractivity contribution in [2.45, 2.75) is 51.5 Å². The van der Waals surface area contributed by atoms with Crippen molar-refractivity contribution in [2.24, 2.45) is 0 Å². The number of pyridine rings is 1. The molecule has 0 bridgehead atoms. The van der Waals surface area contributed by atoms with E-state index in [-0.39, 0.29) is 11.7 Å². The minimum atomic E-state index is -0.172. The number of amides is 1. The van der Waals surface area contributed by atoms with Gasteiger partial charge in [-0.1, -0.05) is 12.8 Å². The van der Waals surface area contributed by atoms with E-state index in [4.69, 9.17) is 0 Å². The van der Waals surface area contributed by atoms with Crippen LogP contribution in [0.4, 0.5) is 17.2 Å². The number of nitrogens with one attached hydrogen (secondary N) is 3. The minimum absolute atomic E-state index is 0.131. The third-order valence-electron chi connectivity index (χ3n) is 5.46. The molecule has 3 N–H and O–H groups in total. The van der Waals surface area contributed by atoms with Crippen LogP contribution in [-0.2, 0) is 4.79 Å². The number of ketones is 1. The topological polar surface area (TPSA) is 96.0 Å². The van der Waals surface area contributed by atoms with Crippen molar-refractivity contribution < 1.29 is 9.59 Å². The number of anilines is 3. The Morgan fingerprint density at radius 1 is 1.16 bits per heavy atom. The number of aromatic nitrogens is 2. The van der Waals surface area contributed by atoms with E-state index in [1.165, 1.54) is 12.8 Å². The molecule has 0 aliphatic heterocycles. The summed E-state index contributed by atoms with van der Waals surface area (Å²) in [7, 11) is 0. The number of Topliss-reactive ketones (excluding diaryl/α,β-unsaturated/α-hetero) is 1. The number of carbonyl (C=O) groups is 2. The molecule has 0 saturated heterocycles. The summed E-state index contributed by atoms with van der Waals surface area (Å²) >= 11 is 1.60. The fourth-order valence-electron chi connectivity index (χ4n) is 3.83. The number of thiazole rings is 1. The second-order valence-corrected chi connectivity index (χ2v) is 8.85. The lowest BCUT2D eigenvalue weighted by atomic mass is 10.1. The third-order valence-corrected chi connectivity index (χ3v) is 6.25. The summed E-state index contributed by atoms with van der Waals surface area (Å²) in [5.41, 5.74) is 5.05. The maximum Gasteiger partial charge on any atom is 0.254 e. The Bertz CT molecular complexity index is 1070. The first-order valence-corrected chi connectivity index (χ1v) is 11.6. The van der Waals surface area contributed by atoms with E-state index >= 15 is 0 Å². The summed E-state index contributed by atoms with van der Waals surface area (Å²) in [6, 6.07) is 8.28. The van der Waals surface area contributed by atoms with E-state index in [1.807, 2.05) is 29.8 Å². The van der Waals surface area contributed by atoms with Crippen LogP contribution < -0.4 is 16.0 Å². The zero-order chi connectivity index (χ0) is 21.6. The zero-order valence-corrected chi connectivity index (χ0v) is 18.4. The molecule has 0 spiro atoms. The summed E-state index contributed by atoms with van der Waals surface area (Å²) < 4.78 is 1.11. The highest BCUT2D eigenvalue weighted by Gasteiger charge is 2.19. The van der Waals surface area contributed by atoms with Crippen LogP contribution in [0.1, 0.15) is 55.8 Å². The predicted octanol–water partition coefficient (Wildman–Crippen LogP) is 4.89. The zero-order valence-electron chi connectivity index (χ0n) is 17.6. The quantitative estimate of drug-likeness (QED) is 0.413. The average molecular weight is 438 g/mol. The molecule has 3 aromatic rings. The lowest BCUT2D eigenvalue weighted by molar-refractivity contribution is -0.117. The highest BCUT2D eigenvalue weighted by Crippen LogP contribution is 2.28. The van der Waals surface area contributed by atoms with Crippen LogP contribution >= 0.6 is 11.3 Å². The highest BCUT2D eigenvalue weighted by molar-refractivity contribution is 7.16. The first-order valence-electron chi connectivity index (χ1n) is 10.7. The molecule has 1 aliphatic rings. The molecule has 1 saturated carbocycles. The van der Waals surface area contributed by atoms with E-state index < -0.39 is 0 Å². The molecule has 2 heterocycles. The SMILES string of the molecule is CC(=O)CCCNC(=O)c1cnc(Nc2ccc3ncsc3c2)cc1NC1CCCC1. The van der Waals surface area contributed by atoms with Gasteiger partial charge in [0.25, 0.3) is 5.91 Å². The summed E-state index contributed by atoms with van der Waals surface area (Å²) in [5, 5.41) is 9.80. The monoisotopic (exact) mass is 437 g/mol. The van der Waals surface area contributed by atoms with Crippen LogP contribution in [0.15, 0.2) is 36.0 Å². The lowest BCUT2D eigenvalue weighted by Crippen LogP contribution is -2.27. The Labute approximate surface area is 185 Å². The summed E-state index contributed by atoms with van der Waals surface area (Å²) in [4.78, 5) is 32.7. The van der Waals surface area contributed by atoms with Crippen LogP contribution in [0.2, 0.25) is 0 Å². The van der Waals surface area contributed by atoms with Crippen LogP contribution in [-0.4, -0.2) is 34.2 Å². The van der Waals surface area contributed by atoms with Gasteiger partial charge < -0.3 is 20.7 Å². The molecule has 8 heteroatoms. The minimum Gasteiger partial charge on any atom is -0.382 e. The normalized spacial score (nSPS) is 14.0. The smallest absolute Gasteiger partial charge is 0.254 e. The van der Waals surface area contributed by atoms with Gasteiger partial charge in [-0.15, -0.1) is 11.3 Å². The Morgan fingerprint density at radius 2 is 2.00 bits per heavy atom. The molecule has 1 aromatic carbocycles. The standard InChI is InChI=1S/C23H27N5O2S/c1-15(29)5-4-10-24-23(30)18-13-25-22(12-20(18)27-16-6-2-3-7-16)28-17-8-9-19-21(11-17)31-14-26-19/h8-9,11-14,16H,2-7,10H2,1H3,(H,24,30)(H2,25,27,28). The number of carbonyl (C=O) groups excluding carboxylic acids is 2. The molecular weight excluding hydrogens is 410 g/mol. The molecule has 2 aromatic heterocycles. The fraction of sp³-hybridized carbons (Fsp3) is 0.391. The van der Waals surface area contributed by atoms with Gasteiger partial charge in [0.2, 0.25) is 0 Å². The van der Waals surface area contributed by atoms with Gasteiger partial charge in [-0.05, 0) is 44.4 Å². The van der Waals surface area contributed by atoms with Gasteiger partial charge in [0.1, 0.15) is 11.6 Å². The van der Waals surface area contributed by atoms with Crippen molar-refractivity contribution >= 4 is 50.4 Å². The van der Waals surface area contributed by atoms with Crippen LogP contribution in [0, 0.1) is 0 Å². The van der Waals surface area contributed by atoms with Gasteiger partial charge in [0, 0.05) is 37.0 Å². The van der Waals surface area contributed by atoms with Crippen molar-refractivity contribution in [1.82, 2.24) is 15.3 Å². The number of rotatable bonds is 9. The summed E-state index contributed by atoms with van der Waals surface area (Å²) in [6.07, 6.45) is 7.34. The largest absolute Gasteiger partial charge is 0.382 e. The molecule has 162 valence electrons. The van der Waals surface area contributed by atoms with Gasteiger partial charge in [-0.3, -0.25) is 4.79 Å². The third kappa shape index (κ3) is 5.58. The molecule has 0 unspecified atom stereocenters. The van der Waals surface area contributed by atoms with Crippen molar-refractivity contribution in [3.05, 3.63) is 41.5 Å². The van der Waals surface area contributed by atoms with Crippen molar-refractivity contribution in [3.8, 4) is 0 Å². The second kappa shape index (κ2) is 9.87. The van der Waals surface area contributed by atoms with E-state index in [0.717, 1.165) is 34.4 Å². The molecular formula is C23H27N5O2S. The number of hydrogen-bond donors (Lipinski definition) is 3.